The Morgan fingerprint density at radius 2 is 1.76 bits per heavy atom. The summed E-state index contributed by atoms with van der Waals surface area (Å²) >= 11 is 1.58. The second kappa shape index (κ2) is 9.30. The third-order valence-electron chi connectivity index (χ3n) is 6.34. The minimum absolute atomic E-state index is 0.158. The second-order valence-corrected chi connectivity index (χ2v) is 11.5. The van der Waals surface area contributed by atoms with Gasteiger partial charge in [-0.15, -0.1) is 11.3 Å². The summed E-state index contributed by atoms with van der Waals surface area (Å²) in [5, 5.41) is 0.876. The van der Waals surface area contributed by atoms with Gasteiger partial charge < -0.3 is 9.80 Å². The Balaban J connectivity index is 1.24. The van der Waals surface area contributed by atoms with Crippen LogP contribution in [0.5, 0.6) is 0 Å². The smallest absolute Gasteiger partial charge is 0.241 e. The number of carbonyl (C=O) groups excluding carboxylic acids is 1. The topological polar surface area (TPSA) is 82.6 Å². The first-order chi connectivity index (χ1) is 16.0. The molecule has 0 radical (unpaired) electrons. The molecule has 2 aliphatic heterocycles. The number of likely N-dealkylation sites (tertiary alicyclic amines) is 1. The first kappa shape index (κ1) is 22.2. The molecule has 0 saturated carbocycles. The van der Waals surface area contributed by atoms with Crippen LogP contribution in [0, 0.1) is 0 Å². The summed E-state index contributed by atoms with van der Waals surface area (Å²) in [5.74, 6) is -0.948. The summed E-state index contributed by atoms with van der Waals surface area (Å²) in [6.07, 6.45) is 5.28. The van der Waals surface area contributed by atoms with E-state index in [4.69, 9.17) is 4.98 Å². The maximum Gasteiger partial charge on any atom is 0.241 e. The van der Waals surface area contributed by atoms with Crippen molar-refractivity contribution in [3.8, 4) is 0 Å². The lowest BCUT2D eigenvalue weighted by atomic mass is 10.1. The van der Waals surface area contributed by atoms with E-state index in [1.54, 1.807) is 28.4 Å². The van der Waals surface area contributed by atoms with Crippen LogP contribution in [-0.4, -0.2) is 49.6 Å². The van der Waals surface area contributed by atoms with Crippen LogP contribution < -0.4 is 9.62 Å². The van der Waals surface area contributed by atoms with E-state index in [1.807, 2.05) is 36.4 Å². The highest BCUT2D eigenvalue weighted by Gasteiger charge is 2.34. The third kappa shape index (κ3) is 4.99. The van der Waals surface area contributed by atoms with Gasteiger partial charge in [0.15, 0.2) is 0 Å². The predicted octanol–water partition coefficient (Wildman–Crippen LogP) is 4.39. The number of fused-ring (bicyclic) bond motifs is 1. The van der Waals surface area contributed by atoms with Crippen molar-refractivity contribution in [1.29, 1.82) is 0 Å². The number of sulfonamides is 1. The van der Waals surface area contributed by atoms with Gasteiger partial charge in [-0.05, 0) is 68.5 Å². The quantitative estimate of drug-likeness (QED) is 0.561. The van der Waals surface area contributed by atoms with Gasteiger partial charge in [0.1, 0.15) is 10.8 Å². The molecule has 1 N–H and O–H groups in total. The number of aromatic nitrogens is 1. The monoisotopic (exact) mass is 484 g/mol. The maximum atomic E-state index is 13.0. The van der Waals surface area contributed by atoms with E-state index in [0.29, 0.717) is 12.2 Å². The number of amides is 1. The van der Waals surface area contributed by atoms with Crippen molar-refractivity contribution in [2.75, 3.05) is 35.0 Å². The lowest BCUT2D eigenvalue weighted by Gasteiger charge is -2.28. The molecule has 0 aliphatic carbocycles. The molecule has 2 saturated heterocycles. The van der Waals surface area contributed by atoms with Crippen molar-refractivity contribution in [2.45, 2.75) is 38.1 Å². The van der Waals surface area contributed by atoms with E-state index < -0.39 is 15.8 Å². The molecule has 0 spiro atoms. The van der Waals surface area contributed by atoms with Gasteiger partial charge in [-0.3, -0.25) is 9.52 Å². The fourth-order valence-corrected chi connectivity index (χ4v) is 6.88. The molecule has 2 fully saturated rings. The molecule has 0 bridgehead atoms. The predicted molar refractivity (Wildman–Crippen MR) is 133 cm³/mol. The van der Waals surface area contributed by atoms with Crippen molar-refractivity contribution in [1.82, 2.24) is 9.88 Å². The molecule has 33 heavy (non-hydrogen) atoms. The summed E-state index contributed by atoms with van der Waals surface area (Å²) in [4.78, 5) is 21.7. The average molecular weight is 485 g/mol. The van der Waals surface area contributed by atoms with Crippen LogP contribution in [-0.2, 0) is 14.8 Å². The van der Waals surface area contributed by atoms with Crippen molar-refractivity contribution < 1.29 is 13.2 Å². The molecule has 174 valence electrons. The number of thiazole rings is 1. The third-order valence-corrected chi connectivity index (χ3v) is 8.66. The normalized spacial score (nSPS) is 19.2. The first-order valence-electron chi connectivity index (χ1n) is 11.5. The summed E-state index contributed by atoms with van der Waals surface area (Å²) in [5.41, 5.74) is 2.50. The molecule has 3 heterocycles. The fourth-order valence-electron chi connectivity index (χ4n) is 4.71. The number of piperidine rings is 1. The van der Waals surface area contributed by atoms with Gasteiger partial charge in [0.25, 0.3) is 0 Å². The Bertz CT molecular complexity index is 1200. The number of rotatable bonds is 6. The number of hydrogen-bond acceptors (Lipinski definition) is 6. The van der Waals surface area contributed by atoms with E-state index in [-0.39, 0.29) is 11.9 Å². The van der Waals surface area contributed by atoms with Crippen LogP contribution in [0.2, 0.25) is 0 Å². The lowest BCUT2D eigenvalue weighted by Crippen LogP contribution is -2.37. The van der Waals surface area contributed by atoms with Crippen LogP contribution in [0.1, 0.15) is 43.2 Å². The number of nitrogens with zero attached hydrogens (tertiary/aromatic N) is 3. The Kier molecular flexibility index (Phi) is 6.25. The second-order valence-electron chi connectivity index (χ2n) is 8.72. The number of benzene rings is 2. The molecular weight excluding hydrogens is 456 g/mol. The zero-order valence-corrected chi connectivity index (χ0v) is 20.1. The van der Waals surface area contributed by atoms with Crippen LogP contribution in [0.25, 0.3) is 10.2 Å². The minimum Gasteiger partial charge on any atom is -0.372 e. The molecule has 1 aromatic heterocycles. The molecular formula is C24H28N4O3S2. The molecule has 3 aromatic rings. The molecule has 9 heteroatoms. The number of nitrogens with one attached hydrogen (secondary N) is 1. The van der Waals surface area contributed by atoms with Gasteiger partial charge >= 0.3 is 0 Å². The maximum absolute atomic E-state index is 13.0. The summed E-state index contributed by atoms with van der Waals surface area (Å²) in [6.45, 7) is 2.62. The number of anilines is 2. The van der Waals surface area contributed by atoms with Gasteiger partial charge in [-0.2, -0.15) is 0 Å². The standard InChI is InChI=1S/C24H28N4O3S2/c29-23(28-16-6-8-21(28)24-25-20-7-2-3-9-22(20)32-24)17-33(30,31)26-18-10-12-19(13-11-18)27-14-4-1-5-15-27/h2-3,7,9-13,21,26H,1,4-6,8,14-17H2. The molecule has 1 amide bonds. The Hall–Kier alpha value is -2.65. The van der Waals surface area contributed by atoms with Gasteiger partial charge in [-0.25, -0.2) is 13.4 Å². The molecule has 1 atom stereocenters. The van der Waals surface area contributed by atoms with Crippen LogP contribution in [0.3, 0.4) is 0 Å². The summed E-state index contributed by atoms with van der Waals surface area (Å²) in [7, 11) is -3.81. The summed E-state index contributed by atoms with van der Waals surface area (Å²) in [6, 6.07) is 15.2. The van der Waals surface area contributed by atoms with E-state index in [0.717, 1.165) is 46.8 Å². The van der Waals surface area contributed by atoms with Crippen LogP contribution in [0.15, 0.2) is 48.5 Å². The molecule has 1 unspecified atom stereocenters. The largest absolute Gasteiger partial charge is 0.372 e. The van der Waals surface area contributed by atoms with E-state index >= 15 is 0 Å². The van der Waals surface area contributed by atoms with Gasteiger partial charge in [-0.1, -0.05) is 12.1 Å². The van der Waals surface area contributed by atoms with Gasteiger partial charge in [0, 0.05) is 31.0 Å². The average Bonchev–Trinajstić information content (AvgIpc) is 3.46. The van der Waals surface area contributed by atoms with Crippen molar-refractivity contribution in [3.05, 3.63) is 53.5 Å². The molecule has 2 aromatic carbocycles. The number of carbonyl (C=O) groups is 1. The molecule has 2 aliphatic rings. The number of para-hydroxylation sites is 1. The van der Waals surface area contributed by atoms with E-state index in [9.17, 15) is 13.2 Å². The lowest BCUT2D eigenvalue weighted by molar-refractivity contribution is -0.129. The minimum atomic E-state index is -3.81. The van der Waals surface area contributed by atoms with Crippen LogP contribution >= 0.6 is 11.3 Å². The highest BCUT2D eigenvalue weighted by Crippen LogP contribution is 2.36. The molecule has 7 nitrogen and oxygen atoms in total. The van der Waals surface area contributed by atoms with E-state index in [1.165, 1.54) is 19.3 Å². The van der Waals surface area contributed by atoms with Gasteiger partial charge in [0.2, 0.25) is 15.9 Å². The van der Waals surface area contributed by atoms with E-state index in [2.05, 4.69) is 9.62 Å². The number of hydrogen-bond donors (Lipinski definition) is 1. The highest BCUT2D eigenvalue weighted by atomic mass is 32.2. The SMILES string of the molecule is O=C(CS(=O)(=O)Nc1ccc(N2CCCCC2)cc1)N1CCCC1c1nc2ccccc2s1. The van der Waals surface area contributed by atoms with Crippen molar-refractivity contribution in [3.63, 3.8) is 0 Å². The first-order valence-corrected chi connectivity index (χ1v) is 14.0. The van der Waals surface area contributed by atoms with Crippen molar-refractivity contribution >= 4 is 48.9 Å². The zero-order chi connectivity index (χ0) is 22.8. The summed E-state index contributed by atoms with van der Waals surface area (Å²) < 4.78 is 29.2. The zero-order valence-electron chi connectivity index (χ0n) is 18.4. The Morgan fingerprint density at radius 3 is 2.52 bits per heavy atom. The Labute approximate surface area is 198 Å². The van der Waals surface area contributed by atoms with Crippen LogP contribution in [0.4, 0.5) is 11.4 Å². The van der Waals surface area contributed by atoms with Gasteiger partial charge in [0.05, 0.1) is 16.3 Å². The highest BCUT2D eigenvalue weighted by molar-refractivity contribution is 7.93. The van der Waals surface area contributed by atoms with Crippen molar-refractivity contribution in [2.24, 2.45) is 0 Å². The Morgan fingerprint density at radius 1 is 1.00 bits per heavy atom. The molecule has 5 rings (SSSR count). The fraction of sp³-hybridized carbons (Fsp3) is 0.417.